The number of hydrogen-bond acceptors (Lipinski definition) is 3. The van der Waals surface area contributed by atoms with Gasteiger partial charge in [-0.15, -0.1) is 0 Å². The lowest BCUT2D eigenvalue weighted by molar-refractivity contribution is 0.0843. The second kappa shape index (κ2) is 5.05. The molecule has 0 spiro atoms. The average molecular weight is 257 g/mol. The molecule has 100 valence electrons. The summed E-state index contributed by atoms with van der Waals surface area (Å²) in [6.45, 7) is 3.71. The standard InChI is InChI=1S/C15H19N3O/c1-11-14(12-7-9-19-10-8-12)17-18(15(11)16)13-5-3-2-4-6-13/h2-6,12H,7-10,16H2,1H3. The van der Waals surface area contributed by atoms with Crippen LogP contribution < -0.4 is 5.73 Å². The van der Waals surface area contributed by atoms with Crippen molar-refractivity contribution in [1.29, 1.82) is 0 Å². The summed E-state index contributed by atoms with van der Waals surface area (Å²) in [6, 6.07) is 10.0. The van der Waals surface area contributed by atoms with Crippen LogP contribution in [0.2, 0.25) is 0 Å². The Labute approximate surface area is 113 Å². The van der Waals surface area contributed by atoms with E-state index in [9.17, 15) is 0 Å². The molecule has 1 aromatic heterocycles. The van der Waals surface area contributed by atoms with E-state index in [0.717, 1.165) is 48.8 Å². The zero-order valence-corrected chi connectivity index (χ0v) is 11.2. The first kappa shape index (κ1) is 12.2. The van der Waals surface area contributed by atoms with E-state index >= 15 is 0 Å². The Morgan fingerprint density at radius 1 is 1.21 bits per heavy atom. The van der Waals surface area contributed by atoms with E-state index in [-0.39, 0.29) is 0 Å². The molecule has 0 aliphatic carbocycles. The van der Waals surface area contributed by atoms with E-state index in [1.807, 2.05) is 35.0 Å². The third-order valence-electron chi connectivity index (χ3n) is 3.81. The molecule has 1 saturated heterocycles. The number of rotatable bonds is 2. The van der Waals surface area contributed by atoms with Crippen LogP contribution in [-0.2, 0) is 4.74 Å². The van der Waals surface area contributed by atoms with Gasteiger partial charge in [0.05, 0.1) is 11.4 Å². The average Bonchev–Trinajstić information content (AvgIpc) is 2.77. The van der Waals surface area contributed by atoms with Gasteiger partial charge in [-0.3, -0.25) is 0 Å². The first-order chi connectivity index (χ1) is 9.27. The quantitative estimate of drug-likeness (QED) is 0.899. The molecule has 2 aromatic rings. The normalized spacial score (nSPS) is 16.7. The molecule has 1 aromatic carbocycles. The van der Waals surface area contributed by atoms with Crippen molar-refractivity contribution in [3.8, 4) is 5.69 Å². The van der Waals surface area contributed by atoms with E-state index < -0.39 is 0 Å². The lowest BCUT2D eigenvalue weighted by Gasteiger charge is -2.20. The third-order valence-corrected chi connectivity index (χ3v) is 3.81. The molecule has 0 saturated carbocycles. The second-order valence-corrected chi connectivity index (χ2v) is 5.03. The summed E-state index contributed by atoms with van der Waals surface area (Å²) in [6.07, 6.45) is 2.07. The second-order valence-electron chi connectivity index (χ2n) is 5.03. The zero-order chi connectivity index (χ0) is 13.2. The van der Waals surface area contributed by atoms with Gasteiger partial charge in [0.25, 0.3) is 0 Å². The van der Waals surface area contributed by atoms with Gasteiger partial charge in [0.1, 0.15) is 5.82 Å². The molecule has 3 rings (SSSR count). The number of hydrogen-bond donors (Lipinski definition) is 1. The molecule has 0 unspecified atom stereocenters. The van der Waals surface area contributed by atoms with Crippen molar-refractivity contribution in [2.45, 2.75) is 25.7 Å². The van der Waals surface area contributed by atoms with E-state index in [2.05, 4.69) is 6.92 Å². The van der Waals surface area contributed by atoms with Crippen molar-refractivity contribution in [3.63, 3.8) is 0 Å². The van der Waals surface area contributed by atoms with Gasteiger partial charge >= 0.3 is 0 Å². The molecule has 0 atom stereocenters. The van der Waals surface area contributed by atoms with Crippen molar-refractivity contribution in [2.24, 2.45) is 0 Å². The number of para-hydroxylation sites is 1. The van der Waals surface area contributed by atoms with Gasteiger partial charge < -0.3 is 10.5 Å². The highest BCUT2D eigenvalue weighted by atomic mass is 16.5. The molecule has 1 aliphatic rings. The van der Waals surface area contributed by atoms with Gasteiger partial charge in [-0.1, -0.05) is 18.2 Å². The lowest BCUT2D eigenvalue weighted by Crippen LogP contribution is -2.15. The van der Waals surface area contributed by atoms with E-state index in [1.54, 1.807) is 0 Å². The summed E-state index contributed by atoms with van der Waals surface area (Å²) in [4.78, 5) is 0. The first-order valence-corrected chi connectivity index (χ1v) is 6.75. The molecule has 0 bridgehead atoms. The highest BCUT2D eigenvalue weighted by Crippen LogP contribution is 2.31. The lowest BCUT2D eigenvalue weighted by atomic mass is 9.94. The molecular formula is C15H19N3O. The largest absolute Gasteiger partial charge is 0.383 e. The minimum atomic E-state index is 0.473. The van der Waals surface area contributed by atoms with Crippen molar-refractivity contribution < 1.29 is 4.74 Å². The van der Waals surface area contributed by atoms with Crippen LogP contribution in [0.15, 0.2) is 30.3 Å². The van der Waals surface area contributed by atoms with Gasteiger partial charge in [-0.2, -0.15) is 5.10 Å². The van der Waals surface area contributed by atoms with Gasteiger partial charge in [0.2, 0.25) is 0 Å². The maximum atomic E-state index is 6.21. The number of aromatic nitrogens is 2. The third kappa shape index (κ3) is 2.24. The van der Waals surface area contributed by atoms with Gasteiger partial charge in [-0.05, 0) is 31.9 Å². The van der Waals surface area contributed by atoms with E-state index in [0.29, 0.717) is 5.92 Å². The van der Waals surface area contributed by atoms with Crippen LogP contribution in [-0.4, -0.2) is 23.0 Å². The van der Waals surface area contributed by atoms with Crippen LogP contribution in [0, 0.1) is 6.92 Å². The maximum absolute atomic E-state index is 6.21. The Hall–Kier alpha value is -1.81. The number of benzene rings is 1. The highest BCUT2D eigenvalue weighted by Gasteiger charge is 2.23. The van der Waals surface area contributed by atoms with Gasteiger partial charge in [-0.25, -0.2) is 4.68 Å². The summed E-state index contributed by atoms with van der Waals surface area (Å²) >= 11 is 0. The maximum Gasteiger partial charge on any atom is 0.130 e. The number of nitrogen functional groups attached to an aromatic ring is 1. The molecule has 1 aliphatic heterocycles. The Kier molecular flexibility index (Phi) is 3.25. The predicted octanol–water partition coefficient (Wildman–Crippen LogP) is 2.66. The zero-order valence-electron chi connectivity index (χ0n) is 11.2. The molecule has 2 N–H and O–H groups in total. The monoisotopic (exact) mass is 257 g/mol. The van der Waals surface area contributed by atoms with Crippen LogP contribution in [0.1, 0.15) is 30.0 Å². The topological polar surface area (TPSA) is 53.1 Å². The number of nitrogens with zero attached hydrogens (tertiary/aromatic N) is 2. The summed E-state index contributed by atoms with van der Waals surface area (Å²) in [7, 11) is 0. The minimum absolute atomic E-state index is 0.473. The Morgan fingerprint density at radius 2 is 1.89 bits per heavy atom. The van der Waals surface area contributed by atoms with Crippen molar-refractivity contribution in [1.82, 2.24) is 9.78 Å². The molecular weight excluding hydrogens is 238 g/mol. The molecule has 2 heterocycles. The smallest absolute Gasteiger partial charge is 0.130 e. The summed E-state index contributed by atoms with van der Waals surface area (Å²) in [5, 5.41) is 4.74. The molecule has 1 fully saturated rings. The SMILES string of the molecule is Cc1c(C2CCOCC2)nn(-c2ccccc2)c1N. The first-order valence-electron chi connectivity index (χ1n) is 6.75. The fourth-order valence-electron chi connectivity index (χ4n) is 2.65. The number of nitrogens with two attached hydrogens (primary N) is 1. The van der Waals surface area contributed by atoms with Crippen LogP contribution in [0.5, 0.6) is 0 Å². The predicted molar refractivity (Wildman–Crippen MR) is 75.5 cm³/mol. The van der Waals surface area contributed by atoms with Crippen molar-refractivity contribution in [2.75, 3.05) is 18.9 Å². The fraction of sp³-hybridized carbons (Fsp3) is 0.400. The molecule has 4 heteroatoms. The molecule has 4 nitrogen and oxygen atoms in total. The van der Waals surface area contributed by atoms with Gasteiger partial charge in [0, 0.05) is 24.7 Å². The van der Waals surface area contributed by atoms with E-state index in [1.165, 1.54) is 0 Å². The summed E-state index contributed by atoms with van der Waals surface area (Å²) in [5.74, 6) is 1.22. The Morgan fingerprint density at radius 3 is 2.58 bits per heavy atom. The molecule has 0 amide bonds. The molecule has 0 radical (unpaired) electrons. The van der Waals surface area contributed by atoms with Gasteiger partial charge in [0.15, 0.2) is 0 Å². The highest BCUT2D eigenvalue weighted by molar-refractivity contribution is 5.50. The number of ether oxygens (including phenoxy) is 1. The van der Waals surface area contributed by atoms with Crippen LogP contribution >= 0.6 is 0 Å². The Bertz CT molecular complexity index is 556. The van der Waals surface area contributed by atoms with Crippen LogP contribution in [0.3, 0.4) is 0 Å². The van der Waals surface area contributed by atoms with Crippen LogP contribution in [0.4, 0.5) is 5.82 Å². The molecule has 19 heavy (non-hydrogen) atoms. The summed E-state index contributed by atoms with van der Waals surface area (Å²) < 4.78 is 7.26. The number of anilines is 1. The van der Waals surface area contributed by atoms with Crippen molar-refractivity contribution in [3.05, 3.63) is 41.6 Å². The fourth-order valence-corrected chi connectivity index (χ4v) is 2.65. The van der Waals surface area contributed by atoms with Crippen molar-refractivity contribution >= 4 is 5.82 Å². The Balaban J connectivity index is 1.99. The summed E-state index contributed by atoms with van der Waals surface area (Å²) in [5.41, 5.74) is 9.46. The van der Waals surface area contributed by atoms with Crippen LogP contribution in [0.25, 0.3) is 5.69 Å². The minimum Gasteiger partial charge on any atom is -0.383 e. The van der Waals surface area contributed by atoms with E-state index in [4.69, 9.17) is 15.6 Å².